The Bertz CT molecular complexity index is 1320. The van der Waals surface area contributed by atoms with Crippen LogP contribution in [0.25, 0.3) is 11.3 Å². The lowest BCUT2D eigenvalue weighted by atomic mass is 10.1. The minimum Gasteiger partial charge on any atom is -0.493 e. The van der Waals surface area contributed by atoms with Crippen LogP contribution in [0.2, 0.25) is 10.0 Å². The van der Waals surface area contributed by atoms with Crippen molar-refractivity contribution in [1.29, 1.82) is 0 Å². The van der Waals surface area contributed by atoms with Crippen LogP contribution in [0.15, 0.2) is 77.2 Å². The van der Waals surface area contributed by atoms with Gasteiger partial charge in [-0.25, -0.2) is 10.4 Å². The van der Waals surface area contributed by atoms with E-state index in [2.05, 4.69) is 20.8 Å². The molecule has 0 aliphatic rings. The molecule has 3 aromatic carbocycles. The van der Waals surface area contributed by atoms with E-state index in [1.165, 1.54) is 17.6 Å². The summed E-state index contributed by atoms with van der Waals surface area (Å²) in [6, 6.07) is 19.9. The fraction of sp³-hybridized carbons (Fsp3) is 0.115. The Morgan fingerprint density at radius 3 is 2.54 bits per heavy atom. The van der Waals surface area contributed by atoms with Gasteiger partial charge in [-0.05, 0) is 61.0 Å². The van der Waals surface area contributed by atoms with Crippen LogP contribution >= 0.6 is 34.5 Å². The molecular weight excluding hydrogens is 503 g/mol. The Kier molecular flexibility index (Phi) is 8.36. The van der Waals surface area contributed by atoms with Crippen LogP contribution in [-0.4, -0.2) is 23.7 Å². The second-order valence-corrected chi connectivity index (χ2v) is 9.21. The summed E-state index contributed by atoms with van der Waals surface area (Å²) in [5.41, 5.74) is 6.34. The number of halogens is 2. The Labute approximate surface area is 217 Å². The summed E-state index contributed by atoms with van der Waals surface area (Å²) >= 11 is 13.5. The molecule has 0 saturated heterocycles. The van der Waals surface area contributed by atoms with Crippen molar-refractivity contribution in [3.63, 3.8) is 0 Å². The number of carbonyl (C=O) groups excluding carboxylic acids is 1. The molecule has 0 saturated carbocycles. The van der Waals surface area contributed by atoms with Gasteiger partial charge in [0.05, 0.1) is 18.5 Å². The van der Waals surface area contributed by atoms with Crippen molar-refractivity contribution in [2.24, 2.45) is 5.10 Å². The first-order valence-corrected chi connectivity index (χ1v) is 12.5. The zero-order valence-corrected chi connectivity index (χ0v) is 21.1. The summed E-state index contributed by atoms with van der Waals surface area (Å²) in [5.74, 6) is 0.334. The van der Waals surface area contributed by atoms with Crippen molar-refractivity contribution >= 4 is 57.5 Å². The lowest BCUT2D eigenvalue weighted by Gasteiger charge is -2.08. The van der Waals surface area contributed by atoms with Crippen molar-refractivity contribution in [2.45, 2.75) is 13.3 Å². The van der Waals surface area contributed by atoms with Gasteiger partial charge in [-0.2, -0.15) is 5.10 Å². The maximum Gasteiger partial charge on any atom is 0.271 e. The van der Waals surface area contributed by atoms with Crippen LogP contribution in [0.4, 0.5) is 10.8 Å². The van der Waals surface area contributed by atoms with Crippen molar-refractivity contribution < 1.29 is 9.53 Å². The van der Waals surface area contributed by atoms with E-state index in [1.54, 1.807) is 30.3 Å². The maximum atomic E-state index is 12.5. The molecule has 1 aromatic heterocycles. The minimum atomic E-state index is -0.325. The molecule has 0 bridgehead atoms. The molecule has 0 aliphatic carbocycles. The number of hydrogen-bond acceptors (Lipinski definition) is 6. The first-order chi connectivity index (χ1) is 17.0. The van der Waals surface area contributed by atoms with E-state index in [0.29, 0.717) is 33.5 Å². The minimum absolute atomic E-state index is 0.325. The lowest BCUT2D eigenvalue weighted by molar-refractivity contribution is 0.0955. The molecular formula is C26H22Cl2N4O2S. The molecule has 1 heterocycles. The Balaban J connectivity index is 1.38. The van der Waals surface area contributed by atoms with E-state index in [4.69, 9.17) is 27.9 Å². The molecule has 0 radical (unpaired) electrons. The lowest BCUT2D eigenvalue weighted by Crippen LogP contribution is -2.17. The normalized spacial score (nSPS) is 10.9. The van der Waals surface area contributed by atoms with E-state index < -0.39 is 0 Å². The predicted molar refractivity (Wildman–Crippen MR) is 145 cm³/mol. The highest BCUT2D eigenvalue weighted by molar-refractivity contribution is 7.14. The number of nitrogens with one attached hydrogen (secondary N) is 2. The largest absolute Gasteiger partial charge is 0.493 e. The molecule has 0 aliphatic heterocycles. The average Bonchev–Trinajstić information content (AvgIpc) is 3.33. The van der Waals surface area contributed by atoms with E-state index >= 15 is 0 Å². The third kappa shape index (κ3) is 6.82. The summed E-state index contributed by atoms with van der Waals surface area (Å²) < 4.78 is 5.70. The quantitative estimate of drug-likeness (QED) is 0.176. The van der Waals surface area contributed by atoms with Gasteiger partial charge in [0.1, 0.15) is 5.75 Å². The first kappa shape index (κ1) is 24.7. The number of rotatable bonds is 9. The van der Waals surface area contributed by atoms with Crippen LogP contribution < -0.4 is 15.5 Å². The molecule has 6 nitrogen and oxygen atoms in total. The number of thiazole rings is 1. The van der Waals surface area contributed by atoms with Crippen molar-refractivity contribution in [2.75, 3.05) is 11.9 Å². The standard InChI is InChI=1S/C26H22Cl2N4O2S/c1-2-13-34-24-12-9-21(28)14-19(24)15-29-32-25(33)18-5-3-17(4-6-18)23-16-35-26(31-23)30-22-10-7-20(27)8-11-22/h3-12,14-16H,2,13H2,1H3,(H,30,31)(H,32,33)/b29-15-. The van der Waals surface area contributed by atoms with Gasteiger partial charge in [0, 0.05) is 37.8 Å². The maximum absolute atomic E-state index is 12.5. The molecule has 4 aromatic rings. The van der Waals surface area contributed by atoms with E-state index in [0.717, 1.165) is 28.5 Å². The number of amides is 1. The smallest absolute Gasteiger partial charge is 0.271 e. The number of benzene rings is 3. The summed E-state index contributed by atoms with van der Waals surface area (Å²) in [6.07, 6.45) is 2.40. The average molecular weight is 525 g/mol. The number of carbonyl (C=O) groups is 1. The summed E-state index contributed by atoms with van der Waals surface area (Å²) in [7, 11) is 0. The molecule has 4 rings (SSSR count). The van der Waals surface area contributed by atoms with Gasteiger partial charge in [-0.3, -0.25) is 4.79 Å². The summed E-state index contributed by atoms with van der Waals surface area (Å²) in [6.45, 7) is 2.61. The molecule has 0 atom stereocenters. The molecule has 1 amide bonds. The van der Waals surface area contributed by atoms with Gasteiger partial charge < -0.3 is 10.1 Å². The highest BCUT2D eigenvalue weighted by Gasteiger charge is 2.09. The number of aromatic nitrogens is 1. The molecule has 2 N–H and O–H groups in total. The van der Waals surface area contributed by atoms with Crippen LogP contribution in [-0.2, 0) is 0 Å². The molecule has 9 heteroatoms. The van der Waals surface area contributed by atoms with Crippen molar-refractivity contribution in [1.82, 2.24) is 10.4 Å². The van der Waals surface area contributed by atoms with Gasteiger partial charge in [0.25, 0.3) is 5.91 Å². The van der Waals surface area contributed by atoms with Gasteiger partial charge in [-0.15, -0.1) is 11.3 Å². The topological polar surface area (TPSA) is 75.6 Å². The van der Waals surface area contributed by atoms with Crippen LogP contribution in [0.3, 0.4) is 0 Å². The second-order valence-electron chi connectivity index (χ2n) is 7.48. The van der Waals surface area contributed by atoms with Crippen molar-refractivity contribution in [3.8, 4) is 17.0 Å². The Hall–Kier alpha value is -3.39. The first-order valence-electron chi connectivity index (χ1n) is 10.9. The number of nitrogens with zero attached hydrogens (tertiary/aromatic N) is 2. The van der Waals surface area contributed by atoms with E-state index in [9.17, 15) is 4.79 Å². The van der Waals surface area contributed by atoms with E-state index in [-0.39, 0.29) is 5.91 Å². The Morgan fingerprint density at radius 1 is 1.06 bits per heavy atom. The second kappa shape index (κ2) is 11.8. The summed E-state index contributed by atoms with van der Waals surface area (Å²) in [4.78, 5) is 17.1. The van der Waals surface area contributed by atoms with Gasteiger partial charge in [0.2, 0.25) is 0 Å². The molecule has 0 fully saturated rings. The fourth-order valence-electron chi connectivity index (χ4n) is 3.10. The number of hydrazone groups is 1. The van der Waals surface area contributed by atoms with Crippen molar-refractivity contribution in [3.05, 3.63) is 93.3 Å². The van der Waals surface area contributed by atoms with Crippen LogP contribution in [0.5, 0.6) is 5.75 Å². The summed E-state index contributed by atoms with van der Waals surface area (Å²) in [5, 5.41) is 11.3. The number of anilines is 2. The third-order valence-corrected chi connectivity index (χ3v) is 6.09. The van der Waals surface area contributed by atoms with Gasteiger partial charge in [-0.1, -0.05) is 42.3 Å². The fourth-order valence-corrected chi connectivity index (χ4v) is 4.15. The highest BCUT2D eigenvalue weighted by Crippen LogP contribution is 2.28. The number of ether oxygens (including phenoxy) is 1. The third-order valence-electron chi connectivity index (χ3n) is 4.85. The molecule has 0 spiro atoms. The monoisotopic (exact) mass is 524 g/mol. The van der Waals surface area contributed by atoms with Crippen LogP contribution in [0.1, 0.15) is 29.3 Å². The molecule has 178 valence electrons. The van der Waals surface area contributed by atoms with E-state index in [1.807, 2.05) is 48.7 Å². The highest BCUT2D eigenvalue weighted by atomic mass is 35.5. The van der Waals surface area contributed by atoms with Gasteiger partial charge >= 0.3 is 0 Å². The zero-order chi connectivity index (χ0) is 24.6. The Morgan fingerprint density at radius 2 is 1.80 bits per heavy atom. The SMILES string of the molecule is CCCOc1ccc(Cl)cc1/C=N\NC(=O)c1ccc(-c2csc(Nc3ccc(Cl)cc3)n2)cc1. The predicted octanol–water partition coefficient (Wildman–Crippen LogP) is 7.41. The zero-order valence-electron chi connectivity index (χ0n) is 18.8. The molecule has 0 unspecified atom stereocenters. The number of hydrogen-bond donors (Lipinski definition) is 2. The van der Waals surface area contributed by atoms with Gasteiger partial charge in [0.15, 0.2) is 5.13 Å². The molecule has 35 heavy (non-hydrogen) atoms. The van der Waals surface area contributed by atoms with Crippen LogP contribution in [0, 0.1) is 0 Å².